The quantitative estimate of drug-likeness (QED) is 0.728. The molecule has 1 unspecified atom stereocenters. The average Bonchev–Trinajstić information content (AvgIpc) is 3.30. The van der Waals surface area contributed by atoms with Crippen molar-refractivity contribution in [1.82, 2.24) is 4.98 Å². The topological polar surface area (TPSA) is 50.8 Å². The number of aromatic nitrogens is 1. The van der Waals surface area contributed by atoms with Crippen LogP contribution in [0.3, 0.4) is 0 Å². The average molecular weight is 343 g/mol. The van der Waals surface area contributed by atoms with Crippen molar-refractivity contribution in [1.29, 1.82) is 0 Å². The fraction of sp³-hybridized carbons (Fsp3) is 0.227. The molecule has 2 aliphatic rings. The third-order valence-corrected chi connectivity index (χ3v) is 4.75. The van der Waals surface area contributed by atoms with Crippen LogP contribution < -0.4 is 0 Å². The number of allylic oxidation sites excluding steroid dienone is 7. The molecule has 0 amide bonds. The van der Waals surface area contributed by atoms with Gasteiger partial charge in [-0.1, -0.05) is 30.4 Å². The maximum absolute atomic E-state index is 5.43. The molecule has 130 valence electrons. The Morgan fingerprint density at radius 2 is 2.27 bits per heavy atom. The van der Waals surface area contributed by atoms with Crippen molar-refractivity contribution in [2.45, 2.75) is 20.3 Å². The van der Waals surface area contributed by atoms with Gasteiger partial charge in [0.25, 0.3) is 0 Å². The number of aliphatic imine (C=N–C) groups is 2. The van der Waals surface area contributed by atoms with E-state index in [9.17, 15) is 0 Å². The summed E-state index contributed by atoms with van der Waals surface area (Å²) in [5.74, 6) is 0.207. The molecule has 1 aromatic carbocycles. The Bertz CT molecular complexity index is 1010. The van der Waals surface area contributed by atoms with Gasteiger partial charge in [0.1, 0.15) is 5.52 Å². The lowest BCUT2D eigenvalue weighted by Gasteiger charge is -2.20. The van der Waals surface area contributed by atoms with Crippen molar-refractivity contribution in [3.63, 3.8) is 0 Å². The molecule has 1 aliphatic heterocycles. The molecule has 4 nitrogen and oxygen atoms in total. The summed E-state index contributed by atoms with van der Waals surface area (Å²) in [6.07, 6.45) is 14.9. The minimum absolute atomic E-state index is 0.207. The molecule has 1 atom stereocenters. The van der Waals surface area contributed by atoms with Crippen LogP contribution in [0.2, 0.25) is 0 Å². The first-order chi connectivity index (χ1) is 12.8. The molecular weight excluding hydrogens is 322 g/mol. The molecule has 1 aromatic heterocycles. The van der Waals surface area contributed by atoms with Gasteiger partial charge in [-0.25, -0.2) is 4.98 Å². The van der Waals surface area contributed by atoms with Gasteiger partial charge in [0.2, 0.25) is 0 Å². The number of oxazole rings is 1. The summed E-state index contributed by atoms with van der Waals surface area (Å²) >= 11 is 0. The Morgan fingerprint density at radius 1 is 1.35 bits per heavy atom. The van der Waals surface area contributed by atoms with E-state index < -0.39 is 0 Å². The molecule has 0 bridgehead atoms. The monoisotopic (exact) mass is 343 g/mol. The molecule has 0 radical (unpaired) electrons. The lowest BCUT2D eigenvalue weighted by molar-refractivity contribution is 0.602. The summed E-state index contributed by atoms with van der Waals surface area (Å²) in [5, 5.41) is 0. The second kappa shape index (κ2) is 7.08. The van der Waals surface area contributed by atoms with E-state index >= 15 is 0 Å². The normalized spacial score (nSPS) is 19.7. The molecule has 4 rings (SSSR count). The van der Waals surface area contributed by atoms with Gasteiger partial charge >= 0.3 is 0 Å². The first-order valence-electron chi connectivity index (χ1n) is 8.94. The largest absolute Gasteiger partial charge is 0.443 e. The first kappa shape index (κ1) is 16.5. The zero-order valence-corrected chi connectivity index (χ0v) is 15.0. The summed E-state index contributed by atoms with van der Waals surface area (Å²) in [4.78, 5) is 13.3. The molecule has 0 saturated heterocycles. The van der Waals surface area contributed by atoms with Crippen LogP contribution in [0.5, 0.6) is 0 Å². The Morgan fingerprint density at radius 3 is 3.12 bits per heavy atom. The Labute approximate surface area is 153 Å². The van der Waals surface area contributed by atoms with Crippen LogP contribution in [0.25, 0.3) is 11.1 Å². The van der Waals surface area contributed by atoms with E-state index in [-0.39, 0.29) is 5.92 Å². The molecule has 26 heavy (non-hydrogen) atoms. The minimum atomic E-state index is 0.207. The van der Waals surface area contributed by atoms with E-state index in [0.717, 1.165) is 35.4 Å². The third-order valence-electron chi connectivity index (χ3n) is 4.75. The van der Waals surface area contributed by atoms with Gasteiger partial charge in [-0.15, -0.1) is 0 Å². The van der Waals surface area contributed by atoms with Crippen molar-refractivity contribution in [2.24, 2.45) is 15.9 Å². The Kier molecular flexibility index (Phi) is 4.48. The lowest BCUT2D eigenvalue weighted by atomic mass is 9.83. The molecule has 0 spiro atoms. The number of fused-ring (bicyclic) bond motifs is 2. The second-order valence-corrected chi connectivity index (χ2v) is 6.36. The minimum Gasteiger partial charge on any atom is -0.443 e. The SMILES string of the molecule is C/C=C(\C=NCC)C1=CN=C2C(Cc3ccc4ncoc4c3)=CC=CC12. The summed E-state index contributed by atoms with van der Waals surface area (Å²) in [7, 11) is 0. The smallest absolute Gasteiger partial charge is 0.181 e. The van der Waals surface area contributed by atoms with E-state index in [1.165, 1.54) is 23.1 Å². The van der Waals surface area contributed by atoms with Gasteiger partial charge in [0.15, 0.2) is 12.0 Å². The highest BCUT2D eigenvalue weighted by molar-refractivity contribution is 6.09. The number of rotatable bonds is 5. The molecule has 4 heteroatoms. The zero-order valence-electron chi connectivity index (χ0n) is 15.0. The van der Waals surface area contributed by atoms with Gasteiger partial charge < -0.3 is 4.42 Å². The van der Waals surface area contributed by atoms with Crippen molar-refractivity contribution < 1.29 is 4.42 Å². The van der Waals surface area contributed by atoms with Crippen LogP contribution in [-0.4, -0.2) is 23.5 Å². The van der Waals surface area contributed by atoms with Crippen LogP contribution >= 0.6 is 0 Å². The molecule has 1 aliphatic carbocycles. The zero-order chi connectivity index (χ0) is 17.9. The van der Waals surface area contributed by atoms with Crippen LogP contribution in [0.4, 0.5) is 0 Å². The Balaban J connectivity index is 1.56. The number of nitrogens with zero attached hydrogens (tertiary/aromatic N) is 3. The molecule has 0 fully saturated rings. The van der Waals surface area contributed by atoms with E-state index in [0.29, 0.717) is 0 Å². The van der Waals surface area contributed by atoms with Gasteiger partial charge in [0, 0.05) is 24.9 Å². The summed E-state index contributed by atoms with van der Waals surface area (Å²) in [6.45, 7) is 4.88. The fourth-order valence-electron chi connectivity index (χ4n) is 3.43. The molecule has 2 heterocycles. The van der Waals surface area contributed by atoms with Gasteiger partial charge in [-0.05, 0) is 54.7 Å². The highest BCUT2D eigenvalue weighted by Gasteiger charge is 2.28. The summed E-state index contributed by atoms with van der Waals surface area (Å²) in [6, 6.07) is 6.17. The third kappa shape index (κ3) is 2.99. The van der Waals surface area contributed by atoms with Crippen LogP contribution in [0, 0.1) is 5.92 Å². The van der Waals surface area contributed by atoms with Crippen molar-refractivity contribution in [3.05, 3.63) is 77.4 Å². The Hall–Kier alpha value is -3.01. The fourth-order valence-corrected chi connectivity index (χ4v) is 3.43. The highest BCUT2D eigenvalue weighted by atomic mass is 16.3. The van der Waals surface area contributed by atoms with Crippen molar-refractivity contribution in [3.8, 4) is 0 Å². The number of hydrogen-bond donors (Lipinski definition) is 0. The molecule has 0 N–H and O–H groups in total. The molecular formula is C22H21N3O. The number of benzene rings is 1. The van der Waals surface area contributed by atoms with E-state index in [1.54, 1.807) is 0 Å². The first-order valence-corrected chi connectivity index (χ1v) is 8.94. The van der Waals surface area contributed by atoms with Crippen LogP contribution in [-0.2, 0) is 6.42 Å². The van der Waals surface area contributed by atoms with Gasteiger partial charge in [-0.3, -0.25) is 9.98 Å². The predicted octanol–water partition coefficient (Wildman–Crippen LogP) is 4.86. The van der Waals surface area contributed by atoms with E-state index in [1.807, 2.05) is 32.3 Å². The maximum Gasteiger partial charge on any atom is 0.181 e. The van der Waals surface area contributed by atoms with E-state index in [2.05, 4.69) is 46.4 Å². The lowest BCUT2D eigenvalue weighted by Crippen LogP contribution is -2.18. The predicted molar refractivity (Wildman–Crippen MR) is 107 cm³/mol. The maximum atomic E-state index is 5.43. The summed E-state index contributed by atoms with van der Waals surface area (Å²) < 4.78 is 5.43. The highest BCUT2D eigenvalue weighted by Crippen LogP contribution is 2.33. The number of hydrogen-bond acceptors (Lipinski definition) is 4. The standard InChI is InChI=1S/C22H21N3O/c1-3-16(12-23-4-2)19-13-24-22-17(6-5-7-18(19)22)10-15-8-9-20-21(11-15)26-14-25-20/h3,5-9,11-14,18H,4,10H2,1-2H3/b16-3+,23-12?. The van der Waals surface area contributed by atoms with Crippen LogP contribution in [0.15, 0.2) is 86.2 Å². The molecule has 0 saturated carbocycles. The van der Waals surface area contributed by atoms with Crippen LogP contribution in [0.1, 0.15) is 19.4 Å². The molecule has 2 aromatic rings. The van der Waals surface area contributed by atoms with Gasteiger partial charge in [0.05, 0.1) is 5.71 Å². The summed E-state index contributed by atoms with van der Waals surface area (Å²) in [5.41, 5.74) is 7.64. The van der Waals surface area contributed by atoms with Crippen molar-refractivity contribution in [2.75, 3.05) is 6.54 Å². The van der Waals surface area contributed by atoms with E-state index in [4.69, 9.17) is 9.41 Å². The second-order valence-electron chi connectivity index (χ2n) is 6.36. The van der Waals surface area contributed by atoms with Crippen molar-refractivity contribution >= 4 is 23.0 Å². The van der Waals surface area contributed by atoms with Gasteiger partial charge in [-0.2, -0.15) is 0 Å².